The Hall–Kier alpha value is -1.74. The molecule has 3 nitrogen and oxygen atoms in total. The van der Waals surface area contributed by atoms with E-state index in [2.05, 4.69) is 34.0 Å². The summed E-state index contributed by atoms with van der Waals surface area (Å²) in [6.07, 6.45) is 0. The molecule has 0 spiro atoms. The normalized spacial score (nSPS) is 9.65. The van der Waals surface area contributed by atoms with Crippen molar-refractivity contribution in [2.24, 2.45) is 0 Å². The highest BCUT2D eigenvalue weighted by molar-refractivity contribution is 14.1. The van der Waals surface area contributed by atoms with Crippen LogP contribution in [0.3, 0.4) is 0 Å². The van der Waals surface area contributed by atoms with Crippen LogP contribution < -0.4 is 11.1 Å². The molecule has 0 saturated heterocycles. The van der Waals surface area contributed by atoms with Gasteiger partial charge in [0.15, 0.2) is 0 Å². The van der Waals surface area contributed by atoms with Crippen molar-refractivity contribution in [3.8, 4) is 6.07 Å². The molecule has 0 aliphatic carbocycles. The second-order valence-electron chi connectivity index (χ2n) is 3.55. The fraction of sp³-hybridized carbons (Fsp3) is 0. The fourth-order valence-corrected chi connectivity index (χ4v) is 2.09. The molecule has 0 unspecified atom stereocenters. The molecule has 0 bridgehead atoms. The first-order valence-electron chi connectivity index (χ1n) is 5.01. The van der Waals surface area contributed by atoms with E-state index in [-0.39, 0.29) is 0 Å². The number of anilines is 3. The number of hydrogen-bond donors (Lipinski definition) is 2. The maximum absolute atomic E-state index is 8.71. The summed E-state index contributed by atoms with van der Waals surface area (Å²) in [5.41, 5.74) is 9.05. The van der Waals surface area contributed by atoms with E-state index in [4.69, 9.17) is 11.0 Å². The first-order chi connectivity index (χ1) is 8.19. The highest BCUT2D eigenvalue weighted by atomic mass is 127. The Balaban J connectivity index is 2.23. The molecule has 0 heterocycles. The van der Waals surface area contributed by atoms with Crippen molar-refractivity contribution < 1.29 is 0 Å². The highest BCUT2D eigenvalue weighted by Gasteiger charge is 2.00. The van der Waals surface area contributed by atoms with Crippen molar-refractivity contribution in [3.63, 3.8) is 0 Å². The zero-order valence-electron chi connectivity index (χ0n) is 8.94. The molecule has 0 fully saturated rings. The van der Waals surface area contributed by atoms with E-state index in [0.29, 0.717) is 5.56 Å². The summed E-state index contributed by atoms with van der Waals surface area (Å²) in [6, 6.07) is 15.1. The predicted octanol–water partition coefficient (Wildman–Crippen LogP) is 3.49. The molecule has 0 radical (unpaired) electrons. The number of nitriles is 1. The molecule has 4 heteroatoms. The maximum Gasteiger partial charge on any atom is 0.0991 e. The molecule has 0 aromatic heterocycles. The molecule has 0 amide bonds. The van der Waals surface area contributed by atoms with E-state index in [9.17, 15) is 0 Å². The summed E-state index contributed by atoms with van der Waals surface area (Å²) < 4.78 is 1.06. The van der Waals surface area contributed by atoms with Crippen LogP contribution in [0.1, 0.15) is 5.56 Å². The lowest BCUT2D eigenvalue weighted by molar-refractivity contribution is 1.47. The van der Waals surface area contributed by atoms with Crippen LogP contribution in [0.4, 0.5) is 17.1 Å². The smallest absolute Gasteiger partial charge is 0.0991 e. The van der Waals surface area contributed by atoms with Crippen molar-refractivity contribution >= 4 is 39.7 Å². The number of rotatable bonds is 2. The topological polar surface area (TPSA) is 61.8 Å². The molecule has 2 aromatic carbocycles. The van der Waals surface area contributed by atoms with Crippen LogP contribution in [0.25, 0.3) is 0 Å². The number of nitrogens with zero attached hydrogens (tertiary/aromatic N) is 1. The monoisotopic (exact) mass is 335 g/mol. The Kier molecular flexibility index (Phi) is 3.49. The van der Waals surface area contributed by atoms with Crippen LogP contribution in [0.15, 0.2) is 42.5 Å². The number of benzene rings is 2. The summed E-state index contributed by atoms with van der Waals surface area (Å²) >= 11 is 2.23. The number of halogens is 1. The zero-order valence-corrected chi connectivity index (χ0v) is 11.1. The minimum absolute atomic E-state index is 0.655. The maximum atomic E-state index is 8.71. The largest absolute Gasteiger partial charge is 0.399 e. The quantitative estimate of drug-likeness (QED) is 0.652. The van der Waals surface area contributed by atoms with Crippen LogP contribution in [0.2, 0.25) is 0 Å². The summed E-state index contributed by atoms with van der Waals surface area (Å²) in [5.74, 6) is 0. The van der Waals surface area contributed by atoms with Gasteiger partial charge >= 0.3 is 0 Å². The lowest BCUT2D eigenvalue weighted by atomic mass is 10.2. The van der Waals surface area contributed by atoms with Gasteiger partial charge in [0.1, 0.15) is 0 Å². The van der Waals surface area contributed by atoms with Crippen LogP contribution in [0, 0.1) is 14.9 Å². The van der Waals surface area contributed by atoms with Gasteiger partial charge in [0.05, 0.1) is 17.3 Å². The van der Waals surface area contributed by atoms with Gasteiger partial charge in [-0.2, -0.15) is 5.26 Å². The molecule has 0 atom stereocenters. The first kappa shape index (κ1) is 11.7. The van der Waals surface area contributed by atoms with E-state index in [1.165, 1.54) is 0 Å². The minimum atomic E-state index is 0.655. The summed E-state index contributed by atoms with van der Waals surface area (Å²) in [4.78, 5) is 0. The number of nitrogen functional groups attached to an aromatic ring is 1. The van der Waals surface area contributed by atoms with Gasteiger partial charge in [0.25, 0.3) is 0 Å². The fourth-order valence-electron chi connectivity index (χ4n) is 1.42. The van der Waals surface area contributed by atoms with E-state index in [0.717, 1.165) is 20.6 Å². The molecule has 0 saturated carbocycles. The third-order valence-electron chi connectivity index (χ3n) is 2.29. The van der Waals surface area contributed by atoms with E-state index < -0.39 is 0 Å². The SMILES string of the molecule is N#Cc1ccc(Nc2ccc(N)cc2I)cc1. The van der Waals surface area contributed by atoms with Crippen LogP contribution in [-0.4, -0.2) is 0 Å². The standard InChI is InChI=1S/C13H10IN3/c14-12-7-10(16)3-6-13(12)17-11-4-1-9(8-15)2-5-11/h1-7,17H,16H2. The third kappa shape index (κ3) is 2.88. The van der Waals surface area contributed by atoms with Gasteiger partial charge in [-0.25, -0.2) is 0 Å². The zero-order chi connectivity index (χ0) is 12.3. The third-order valence-corrected chi connectivity index (χ3v) is 3.18. The van der Waals surface area contributed by atoms with Gasteiger partial charge in [0.2, 0.25) is 0 Å². The van der Waals surface area contributed by atoms with Gasteiger partial charge in [-0.15, -0.1) is 0 Å². The van der Waals surface area contributed by atoms with E-state index in [1.807, 2.05) is 30.3 Å². The van der Waals surface area contributed by atoms with Gasteiger partial charge in [-0.1, -0.05) is 0 Å². The van der Waals surface area contributed by atoms with E-state index in [1.54, 1.807) is 12.1 Å². The Labute approximate surface area is 113 Å². The molecular weight excluding hydrogens is 325 g/mol. The van der Waals surface area contributed by atoms with Crippen molar-refractivity contribution in [1.29, 1.82) is 5.26 Å². The Morgan fingerprint density at radius 3 is 2.41 bits per heavy atom. The second kappa shape index (κ2) is 5.06. The van der Waals surface area contributed by atoms with Crippen LogP contribution >= 0.6 is 22.6 Å². The van der Waals surface area contributed by atoms with Gasteiger partial charge in [0, 0.05) is 14.9 Å². The van der Waals surface area contributed by atoms with Crippen molar-refractivity contribution in [1.82, 2.24) is 0 Å². The van der Waals surface area contributed by atoms with Crippen LogP contribution in [-0.2, 0) is 0 Å². The second-order valence-corrected chi connectivity index (χ2v) is 4.72. The molecule has 2 rings (SSSR count). The molecule has 0 aliphatic heterocycles. The lowest BCUT2D eigenvalue weighted by Crippen LogP contribution is -1.94. The van der Waals surface area contributed by atoms with Crippen molar-refractivity contribution in [2.45, 2.75) is 0 Å². The summed E-state index contributed by atoms with van der Waals surface area (Å²) in [6.45, 7) is 0. The molecule has 84 valence electrons. The Morgan fingerprint density at radius 2 is 1.82 bits per heavy atom. The average Bonchev–Trinajstić information content (AvgIpc) is 2.34. The van der Waals surface area contributed by atoms with Gasteiger partial charge in [-0.05, 0) is 65.1 Å². The molecule has 2 aromatic rings. The number of hydrogen-bond acceptors (Lipinski definition) is 3. The Morgan fingerprint density at radius 1 is 1.12 bits per heavy atom. The van der Waals surface area contributed by atoms with Gasteiger partial charge in [-0.3, -0.25) is 0 Å². The van der Waals surface area contributed by atoms with Gasteiger partial charge < -0.3 is 11.1 Å². The predicted molar refractivity (Wildman–Crippen MR) is 78.0 cm³/mol. The highest BCUT2D eigenvalue weighted by Crippen LogP contribution is 2.24. The molecule has 3 N–H and O–H groups in total. The molecule has 17 heavy (non-hydrogen) atoms. The summed E-state index contributed by atoms with van der Waals surface area (Å²) in [5, 5.41) is 12.0. The average molecular weight is 335 g/mol. The minimum Gasteiger partial charge on any atom is -0.399 e. The number of nitrogens with one attached hydrogen (secondary N) is 1. The molecule has 0 aliphatic rings. The van der Waals surface area contributed by atoms with Crippen molar-refractivity contribution in [3.05, 3.63) is 51.6 Å². The van der Waals surface area contributed by atoms with Crippen molar-refractivity contribution in [2.75, 3.05) is 11.1 Å². The Bertz CT molecular complexity index is 570. The first-order valence-corrected chi connectivity index (χ1v) is 6.09. The lowest BCUT2D eigenvalue weighted by Gasteiger charge is -2.09. The van der Waals surface area contributed by atoms with Crippen LogP contribution in [0.5, 0.6) is 0 Å². The summed E-state index contributed by atoms with van der Waals surface area (Å²) in [7, 11) is 0. The molecular formula is C13H10IN3. The van der Waals surface area contributed by atoms with E-state index >= 15 is 0 Å². The number of nitrogens with two attached hydrogens (primary N) is 1.